The molecule has 0 amide bonds. The number of benzene rings is 1. The van der Waals surface area contributed by atoms with Crippen LogP contribution in [0.1, 0.15) is 24.8 Å². The van der Waals surface area contributed by atoms with Gasteiger partial charge in [0.05, 0.1) is 5.71 Å². The zero-order valence-electron chi connectivity index (χ0n) is 15.5. The van der Waals surface area contributed by atoms with Gasteiger partial charge in [0.25, 0.3) is 0 Å². The summed E-state index contributed by atoms with van der Waals surface area (Å²) in [4.78, 5) is 5.22. The van der Waals surface area contributed by atoms with Crippen LogP contribution in [-0.4, -0.2) is 51.6 Å². The van der Waals surface area contributed by atoms with Crippen molar-refractivity contribution in [2.75, 3.05) is 39.6 Å². The standard InChI is InChI=1S/C21H27N5/c1-3-7-18(8-4-1)11-22-23-20(19-9-5-2-6-10-19)21-12-24-15-25(13-21)17-26(14-21)16-24/h1-3,5-6,9-11,18H,4,7-8,12-17H2/p+3/b22-11-,23-20+/t18-/m0/s1. The van der Waals surface area contributed by atoms with Crippen LogP contribution in [0.4, 0.5) is 0 Å². The molecule has 4 aliphatic heterocycles. The van der Waals surface area contributed by atoms with Gasteiger partial charge in [0.15, 0.2) is 5.41 Å². The van der Waals surface area contributed by atoms with Crippen molar-refractivity contribution >= 4 is 11.9 Å². The van der Waals surface area contributed by atoms with Gasteiger partial charge in [-0.25, -0.2) is 14.7 Å². The maximum Gasteiger partial charge on any atom is 0.213 e. The van der Waals surface area contributed by atoms with E-state index in [0.29, 0.717) is 5.92 Å². The fraction of sp³-hybridized carbons (Fsp3) is 0.524. The summed E-state index contributed by atoms with van der Waals surface area (Å²) in [5.41, 5.74) is 2.67. The second kappa shape index (κ2) is 6.72. The molecule has 0 spiro atoms. The van der Waals surface area contributed by atoms with E-state index >= 15 is 0 Å². The van der Waals surface area contributed by atoms with Crippen LogP contribution >= 0.6 is 0 Å². The zero-order valence-corrected chi connectivity index (χ0v) is 15.5. The molecule has 136 valence electrons. The highest BCUT2D eigenvalue weighted by Gasteiger charge is 2.60. The van der Waals surface area contributed by atoms with Gasteiger partial charge in [-0.1, -0.05) is 42.5 Å². The largest absolute Gasteiger partial charge is 0.241 e. The van der Waals surface area contributed by atoms with Crippen molar-refractivity contribution in [3.05, 3.63) is 48.0 Å². The Labute approximate surface area is 155 Å². The Morgan fingerprint density at radius 2 is 1.65 bits per heavy atom. The summed E-state index contributed by atoms with van der Waals surface area (Å²) in [6, 6.07) is 10.8. The number of quaternary nitrogens is 3. The molecule has 1 aromatic carbocycles. The van der Waals surface area contributed by atoms with E-state index in [0.717, 1.165) is 6.42 Å². The first-order valence-electron chi connectivity index (χ1n) is 10.1. The molecular weight excluding hydrogens is 322 g/mol. The van der Waals surface area contributed by atoms with E-state index in [1.165, 1.54) is 63.8 Å². The van der Waals surface area contributed by atoms with E-state index in [-0.39, 0.29) is 5.41 Å². The van der Waals surface area contributed by atoms with Crippen LogP contribution in [-0.2, 0) is 0 Å². The number of nitrogens with zero attached hydrogens (tertiary/aromatic N) is 2. The van der Waals surface area contributed by atoms with E-state index in [9.17, 15) is 0 Å². The molecule has 5 nitrogen and oxygen atoms in total. The topological polar surface area (TPSA) is 38.0 Å². The van der Waals surface area contributed by atoms with Gasteiger partial charge >= 0.3 is 0 Å². The molecule has 0 aromatic heterocycles. The van der Waals surface area contributed by atoms with Crippen molar-refractivity contribution in [3.63, 3.8) is 0 Å². The molecule has 1 aromatic rings. The minimum Gasteiger partial charge on any atom is -0.241 e. The summed E-state index contributed by atoms with van der Waals surface area (Å²) in [7, 11) is 0. The molecule has 5 heteroatoms. The van der Waals surface area contributed by atoms with Crippen LogP contribution in [0.15, 0.2) is 52.7 Å². The van der Waals surface area contributed by atoms with Crippen LogP contribution in [0.5, 0.6) is 0 Å². The molecule has 5 aliphatic rings. The Kier molecular flexibility index (Phi) is 4.23. The van der Waals surface area contributed by atoms with E-state index < -0.39 is 0 Å². The zero-order chi connectivity index (χ0) is 17.4. The molecule has 4 heterocycles. The quantitative estimate of drug-likeness (QED) is 0.331. The van der Waals surface area contributed by atoms with Gasteiger partial charge in [0.1, 0.15) is 19.6 Å². The number of hydrogen-bond acceptors (Lipinski definition) is 2. The number of rotatable bonds is 4. The van der Waals surface area contributed by atoms with Crippen molar-refractivity contribution in [3.8, 4) is 0 Å². The molecule has 4 saturated heterocycles. The molecule has 1 atom stereocenters. The third-order valence-corrected chi connectivity index (χ3v) is 6.56. The average Bonchev–Trinajstić information content (AvgIpc) is 2.65. The third-order valence-electron chi connectivity index (χ3n) is 6.56. The lowest BCUT2D eigenvalue weighted by Gasteiger charge is -2.52. The minimum absolute atomic E-state index is 0.180. The first-order valence-corrected chi connectivity index (χ1v) is 10.1. The Morgan fingerprint density at radius 1 is 0.962 bits per heavy atom. The maximum absolute atomic E-state index is 4.90. The Bertz CT molecular complexity index is 701. The van der Waals surface area contributed by atoms with Crippen LogP contribution in [0.2, 0.25) is 0 Å². The molecule has 0 radical (unpaired) electrons. The smallest absolute Gasteiger partial charge is 0.213 e. The lowest BCUT2D eigenvalue weighted by Crippen LogP contribution is -3.56. The van der Waals surface area contributed by atoms with Crippen molar-refractivity contribution in [1.29, 1.82) is 0 Å². The normalized spacial score (nSPS) is 39.0. The van der Waals surface area contributed by atoms with Crippen LogP contribution in [0, 0.1) is 11.3 Å². The molecule has 3 N–H and O–H groups in total. The molecule has 0 unspecified atom stereocenters. The Balaban J connectivity index is 1.47. The van der Waals surface area contributed by atoms with Gasteiger partial charge in [-0.05, 0) is 30.7 Å². The highest BCUT2D eigenvalue weighted by molar-refractivity contribution is 6.05. The summed E-state index contributed by atoms with van der Waals surface area (Å²) in [6.07, 6.45) is 10.1. The van der Waals surface area contributed by atoms with Crippen molar-refractivity contribution < 1.29 is 14.7 Å². The van der Waals surface area contributed by atoms with Gasteiger partial charge in [-0.2, -0.15) is 10.2 Å². The molecule has 0 saturated carbocycles. The second-order valence-corrected chi connectivity index (χ2v) is 8.71. The maximum atomic E-state index is 4.90. The lowest BCUT2D eigenvalue weighted by molar-refractivity contribution is -1.30. The van der Waals surface area contributed by atoms with E-state index in [1.54, 1.807) is 14.7 Å². The molecular formula is C21H30N5+3. The van der Waals surface area contributed by atoms with Crippen molar-refractivity contribution in [2.45, 2.75) is 19.3 Å². The first-order chi connectivity index (χ1) is 12.8. The molecule has 1 aliphatic carbocycles. The monoisotopic (exact) mass is 352 g/mol. The van der Waals surface area contributed by atoms with Gasteiger partial charge in [-0.15, -0.1) is 0 Å². The van der Waals surface area contributed by atoms with Crippen molar-refractivity contribution in [2.24, 2.45) is 21.5 Å². The van der Waals surface area contributed by atoms with E-state index in [1.807, 2.05) is 0 Å². The Hall–Kier alpha value is -1.82. The molecule has 4 fully saturated rings. The molecule has 26 heavy (non-hydrogen) atoms. The van der Waals surface area contributed by atoms with Crippen LogP contribution in [0.3, 0.4) is 0 Å². The summed E-state index contributed by atoms with van der Waals surface area (Å²) in [6.45, 7) is 7.50. The van der Waals surface area contributed by atoms with Crippen molar-refractivity contribution in [1.82, 2.24) is 0 Å². The predicted octanol–water partition coefficient (Wildman–Crippen LogP) is -1.63. The number of nitrogens with one attached hydrogen (secondary N) is 3. The van der Waals surface area contributed by atoms with Gasteiger partial charge in [0, 0.05) is 6.21 Å². The summed E-state index contributed by atoms with van der Waals surface area (Å²) in [5.74, 6) is 0.551. The molecule has 4 bridgehead atoms. The van der Waals surface area contributed by atoms with Gasteiger partial charge in [-0.3, -0.25) is 0 Å². The predicted molar refractivity (Wildman–Crippen MR) is 102 cm³/mol. The lowest BCUT2D eigenvalue weighted by atomic mass is 9.74. The first kappa shape index (κ1) is 16.4. The third kappa shape index (κ3) is 3.04. The number of hydrogen-bond donors (Lipinski definition) is 3. The SMILES string of the molecule is C1=CC[C@H](/C=N\N=C(/c2ccccc2)C23C[NH+]4C[NH+](C[NH+](C4)C2)C3)CC1. The fourth-order valence-electron chi connectivity index (χ4n) is 5.70. The summed E-state index contributed by atoms with van der Waals surface area (Å²) in [5, 5.41) is 9.53. The van der Waals surface area contributed by atoms with Gasteiger partial charge < -0.3 is 0 Å². The number of allylic oxidation sites excluding steroid dienone is 2. The van der Waals surface area contributed by atoms with E-state index in [2.05, 4.69) is 53.8 Å². The van der Waals surface area contributed by atoms with Gasteiger partial charge in [0.2, 0.25) is 20.0 Å². The minimum atomic E-state index is 0.180. The summed E-state index contributed by atoms with van der Waals surface area (Å²) < 4.78 is 0. The average molecular weight is 353 g/mol. The fourth-order valence-corrected chi connectivity index (χ4v) is 5.70. The van der Waals surface area contributed by atoms with E-state index in [4.69, 9.17) is 5.10 Å². The van der Waals surface area contributed by atoms with Crippen LogP contribution < -0.4 is 14.7 Å². The van der Waals surface area contributed by atoms with Crippen LogP contribution in [0.25, 0.3) is 0 Å². The summed E-state index contributed by atoms with van der Waals surface area (Å²) >= 11 is 0. The second-order valence-electron chi connectivity index (χ2n) is 8.71. The highest BCUT2D eigenvalue weighted by atomic mass is 15.5. The highest BCUT2D eigenvalue weighted by Crippen LogP contribution is 2.24. The Morgan fingerprint density at radius 3 is 2.27 bits per heavy atom. The molecule has 6 rings (SSSR count).